The fourth-order valence-corrected chi connectivity index (χ4v) is 3.43. The van der Waals surface area contributed by atoms with Crippen molar-refractivity contribution in [2.45, 2.75) is 45.1 Å². The van der Waals surface area contributed by atoms with E-state index in [9.17, 15) is 9.59 Å². The van der Waals surface area contributed by atoms with Gasteiger partial charge in [-0.3, -0.25) is 19.4 Å². The van der Waals surface area contributed by atoms with Crippen LogP contribution in [0.25, 0.3) is 0 Å². The summed E-state index contributed by atoms with van der Waals surface area (Å²) in [5.41, 5.74) is 2.08. The van der Waals surface area contributed by atoms with Crippen LogP contribution in [-0.2, 0) is 9.59 Å². The van der Waals surface area contributed by atoms with Gasteiger partial charge < -0.3 is 10.4 Å². The van der Waals surface area contributed by atoms with Gasteiger partial charge in [0.1, 0.15) is 0 Å². The molecule has 6 nitrogen and oxygen atoms in total. The number of carbonyl (C=O) groups is 2. The molecule has 1 saturated heterocycles. The minimum Gasteiger partial charge on any atom is -0.480 e. The predicted molar refractivity (Wildman–Crippen MR) is 104 cm³/mol. The summed E-state index contributed by atoms with van der Waals surface area (Å²) in [6.07, 6.45) is 2.84. The Morgan fingerprint density at radius 1 is 1.23 bits per heavy atom. The zero-order chi connectivity index (χ0) is 19.1. The fraction of sp³-hybridized carbons (Fsp3) is 0.600. The normalized spacial score (nSPS) is 18.7. The molecule has 2 N–H and O–H groups in total. The van der Waals surface area contributed by atoms with Crippen LogP contribution in [0.3, 0.4) is 0 Å². The van der Waals surface area contributed by atoms with Crippen molar-refractivity contribution in [3.05, 3.63) is 29.8 Å². The summed E-state index contributed by atoms with van der Waals surface area (Å²) in [6.45, 7) is 6.42. The first kappa shape index (κ1) is 20.4. The predicted octanol–water partition coefficient (Wildman–Crippen LogP) is 2.62. The van der Waals surface area contributed by atoms with Crippen molar-refractivity contribution in [3.8, 4) is 0 Å². The summed E-state index contributed by atoms with van der Waals surface area (Å²) in [6, 6.07) is 8.27. The second-order valence-electron chi connectivity index (χ2n) is 7.49. The van der Waals surface area contributed by atoms with E-state index in [2.05, 4.69) is 36.2 Å². The first-order valence-corrected chi connectivity index (χ1v) is 9.39. The van der Waals surface area contributed by atoms with E-state index >= 15 is 0 Å². The third kappa shape index (κ3) is 6.42. The van der Waals surface area contributed by atoms with Gasteiger partial charge in [0.05, 0.1) is 13.1 Å². The number of nitrogens with one attached hydrogen (secondary N) is 1. The van der Waals surface area contributed by atoms with Crippen LogP contribution in [0.4, 0.5) is 5.69 Å². The van der Waals surface area contributed by atoms with Gasteiger partial charge in [-0.25, -0.2) is 0 Å². The molecule has 2 rings (SSSR count). The number of rotatable bonds is 7. The molecule has 1 heterocycles. The lowest BCUT2D eigenvalue weighted by molar-refractivity contribution is -0.138. The quantitative estimate of drug-likeness (QED) is 0.781. The first-order valence-electron chi connectivity index (χ1n) is 9.39. The molecule has 1 fully saturated rings. The molecule has 0 spiro atoms. The van der Waals surface area contributed by atoms with E-state index in [4.69, 9.17) is 5.11 Å². The van der Waals surface area contributed by atoms with Gasteiger partial charge in [0, 0.05) is 18.3 Å². The molecule has 1 aliphatic heterocycles. The van der Waals surface area contributed by atoms with E-state index in [0.717, 1.165) is 38.0 Å². The number of benzene rings is 1. The van der Waals surface area contributed by atoms with Crippen LogP contribution in [0.2, 0.25) is 0 Å². The zero-order valence-corrected chi connectivity index (χ0v) is 16.1. The number of anilines is 1. The van der Waals surface area contributed by atoms with Gasteiger partial charge in [-0.2, -0.15) is 0 Å². The van der Waals surface area contributed by atoms with Crippen LogP contribution in [-0.4, -0.2) is 66.1 Å². The monoisotopic (exact) mass is 361 g/mol. The maximum atomic E-state index is 12.3. The molecule has 1 aromatic carbocycles. The Hall–Kier alpha value is -1.92. The van der Waals surface area contributed by atoms with Crippen molar-refractivity contribution >= 4 is 17.6 Å². The second kappa shape index (κ2) is 9.69. The van der Waals surface area contributed by atoms with Crippen molar-refractivity contribution in [2.75, 3.05) is 38.5 Å². The summed E-state index contributed by atoms with van der Waals surface area (Å²) in [5, 5.41) is 11.9. The second-order valence-corrected chi connectivity index (χ2v) is 7.49. The SMILES string of the molecule is CC(C)c1ccc(NC(=O)CN2CCCC(N(C)CC(=O)O)CC2)cc1. The maximum Gasteiger partial charge on any atom is 0.317 e. The lowest BCUT2D eigenvalue weighted by Gasteiger charge is -2.25. The molecule has 1 atom stereocenters. The molecule has 0 aliphatic carbocycles. The number of hydrogen-bond donors (Lipinski definition) is 2. The third-order valence-electron chi connectivity index (χ3n) is 5.03. The molecule has 0 radical (unpaired) electrons. The summed E-state index contributed by atoms with van der Waals surface area (Å²) in [4.78, 5) is 27.3. The Morgan fingerprint density at radius 2 is 1.92 bits per heavy atom. The van der Waals surface area contributed by atoms with Crippen molar-refractivity contribution in [1.29, 1.82) is 0 Å². The number of aliphatic carboxylic acids is 1. The molecule has 6 heteroatoms. The Morgan fingerprint density at radius 3 is 2.54 bits per heavy atom. The Labute approximate surface area is 156 Å². The van der Waals surface area contributed by atoms with Gasteiger partial charge in [-0.15, -0.1) is 0 Å². The number of likely N-dealkylation sites (tertiary alicyclic amines) is 1. The standard InChI is InChI=1S/C20H31N3O3/c1-15(2)16-6-8-17(9-7-16)21-19(24)13-23-11-4-5-18(10-12-23)22(3)14-20(25)26/h6-9,15,18H,4-5,10-14H2,1-3H3,(H,21,24)(H,25,26). The first-order chi connectivity index (χ1) is 12.3. The van der Waals surface area contributed by atoms with E-state index in [1.807, 2.05) is 24.1 Å². The van der Waals surface area contributed by atoms with Crippen molar-refractivity contribution < 1.29 is 14.7 Å². The van der Waals surface area contributed by atoms with E-state index < -0.39 is 5.97 Å². The highest BCUT2D eigenvalue weighted by Crippen LogP contribution is 2.18. The highest BCUT2D eigenvalue weighted by Gasteiger charge is 2.22. The van der Waals surface area contributed by atoms with Crippen molar-refractivity contribution in [1.82, 2.24) is 9.80 Å². The smallest absolute Gasteiger partial charge is 0.317 e. The summed E-state index contributed by atoms with van der Waals surface area (Å²) < 4.78 is 0. The molecule has 26 heavy (non-hydrogen) atoms. The number of nitrogens with zero attached hydrogens (tertiary/aromatic N) is 2. The molecular weight excluding hydrogens is 330 g/mol. The molecule has 0 aromatic heterocycles. The van der Waals surface area contributed by atoms with Crippen LogP contribution >= 0.6 is 0 Å². The average molecular weight is 361 g/mol. The Balaban J connectivity index is 1.81. The molecule has 1 amide bonds. The van der Waals surface area contributed by atoms with Crippen molar-refractivity contribution in [2.24, 2.45) is 0 Å². The molecule has 0 saturated carbocycles. The van der Waals surface area contributed by atoms with Gasteiger partial charge in [-0.1, -0.05) is 26.0 Å². The lowest BCUT2D eigenvalue weighted by Crippen LogP contribution is -2.37. The number of likely N-dealkylation sites (N-methyl/N-ethyl adjacent to an activating group) is 1. The minimum atomic E-state index is -0.795. The van der Waals surface area contributed by atoms with Crippen LogP contribution < -0.4 is 5.32 Å². The van der Waals surface area contributed by atoms with Gasteiger partial charge in [-0.05, 0) is 56.5 Å². The zero-order valence-electron chi connectivity index (χ0n) is 16.1. The fourth-order valence-electron chi connectivity index (χ4n) is 3.43. The van der Waals surface area contributed by atoms with Gasteiger partial charge in [0.2, 0.25) is 5.91 Å². The van der Waals surface area contributed by atoms with Gasteiger partial charge in [0.25, 0.3) is 0 Å². The summed E-state index contributed by atoms with van der Waals surface area (Å²) in [5.74, 6) is -0.319. The van der Waals surface area contributed by atoms with E-state index in [-0.39, 0.29) is 18.5 Å². The highest BCUT2D eigenvalue weighted by molar-refractivity contribution is 5.92. The van der Waals surface area contributed by atoms with E-state index in [1.165, 1.54) is 5.56 Å². The van der Waals surface area contributed by atoms with Crippen LogP contribution in [0, 0.1) is 0 Å². The summed E-state index contributed by atoms with van der Waals surface area (Å²) >= 11 is 0. The molecule has 1 unspecified atom stereocenters. The Bertz CT molecular complexity index is 601. The minimum absolute atomic E-state index is 0.000336. The third-order valence-corrected chi connectivity index (χ3v) is 5.03. The van der Waals surface area contributed by atoms with Gasteiger partial charge >= 0.3 is 5.97 Å². The van der Waals surface area contributed by atoms with Crippen LogP contribution in [0.1, 0.15) is 44.6 Å². The number of hydrogen-bond acceptors (Lipinski definition) is 4. The molecule has 1 aliphatic rings. The van der Waals surface area contributed by atoms with Crippen LogP contribution in [0.5, 0.6) is 0 Å². The number of amides is 1. The van der Waals surface area contributed by atoms with E-state index in [1.54, 1.807) is 0 Å². The molecule has 0 bridgehead atoms. The average Bonchev–Trinajstić information content (AvgIpc) is 2.80. The number of carboxylic acid groups (broad SMARTS) is 1. The highest BCUT2D eigenvalue weighted by atomic mass is 16.4. The summed E-state index contributed by atoms with van der Waals surface area (Å²) in [7, 11) is 1.86. The topological polar surface area (TPSA) is 72.9 Å². The van der Waals surface area contributed by atoms with Crippen molar-refractivity contribution in [3.63, 3.8) is 0 Å². The molecule has 144 valence electrons. The van der Waals surface area contributed by atoms with Gasteiger partial charge in [0.15, 0.2) is 0 Å². The number of carboxylic acids is 1. The molecular formula is C20H31N3O3. The van der Waals surface area contributed by atoms with E-state index in [0.29, 0.717) is 12.5 Å². The molecule has 1 aromatic rings. The number of carbonyl (C=O) groups excluding carboxylic acids is 1. The maximum absolute atomic E-state index is 12.3. The van der Waals surface area contributed by atoms with Crippen LogP contribution in [0.15, 0.2) is 24.3 Å². The largest absolute Gasteiger partial charge is 0.480 e. The Kier molecular flexibility index (Phi) is 7.60. The lowest BCUT2D eigenvalue weighted by atomic mass is 10.0.